The minimum absolute atomic E-state index is 0.125. The molecule has 3 heteroatoms. The third-order valence-electron chi connectivity index (χ3n) is 9.71. The molecule has 45 heavy (non-hydrogen) atoms. The van der Waals surface area contributed by atoms with Gasteiger partial charge in [-0.05, 0) is 25.0 Å². The molecule has 0 aliphatic heterocycles. The van der Waals surface area contributed by atoms with Crippen LogP contribution >= 0.6 is 0 Å². The summed E-state index contributed by atoms with van der Waals surface area (Å²) < 4.78 is 4.71. The maximum atomic E-state index is 13.1. The van der Waals surface area contributed by atoms with Gasteiger partial charge in [0.1, 0.15) is 6.54 Å². The molecular formula is C42H67N2O+. The minimum atomic E-state index is 0.125. The van der Waals surface area contributed by atoms with Gasteiger partial charge in [-0.3, -0.25) is 4.79 Å². The summed E-state index contributed by atoms with van der Waals surface area (Å²) in [4.78, 5) is 13.1. The van der Waals surface area contributed by atoms with E-state index in [0.29, 0.717) is 0 Å². The van der Waals surface area contributed by atoms with Crippen LogP contribution in [0.1, 0.15) is 168 Å². The average Bonchev–Trinajstić information content (AvgIpc) is 3.07. The molecule has 0 fully saturated rings. The molecule has 0 saturated heterocycles. The van der Waals surface area contributed by atoms with E-state index in [0.717, 1.165) is 41.7 Å². The Labute approximate surface area is 276 Å². The van der Waals surface area contributed by atoms with Crippen molar-refractivity contribution in [3.63, 3.8) is 0 Å². The summed E-state index contributed by atoms with van der Waals surface area (Å²) in [5, 5.41) is 0.832. The summed E-state index contributed by atoms with van der Waals surface area (Å²) in [5.41, 5.74) is 3.39. The first-order valence-corrected chi connectivity index (χ1v) is 19.4. The Balaban J connectivity index is 1.42. The van der Waals surface area contributed by atoms with E-state index in [1.807, 2.05) is 18.2 Å². The summed E-state index contributed by atoms with van der Waals surface area (Å²) >= 11 is 0. The van der Waals surface area contributed by atoms with Crippen molar-refractivity contribution >= 4 is 10.9 Å². The maximum absolute atomic E-state index is 13.1. The quantitative estimate of drug-likeness (QED) is 0.0619. The lowest BCUT2D eigenvalue weighted by Crippen LogP contribution is -2.32. The number of hydrogen-bond donors (Lipinski definition) is 0. The van der Waals surface area contributed by atoms with E-state index in [1.165, 1.54) is 148 Å². The van der Waals surface area contributed by atoms with Gasteiger partial charge in [0.2, 0.25) is 0 Å². The van der Waals surface area contributed by atoms with E-state index in [1.54, 1.807) is 0 Å². The van der Waals surface area contributed by atoms with Crippen molar-refractivity contribution in [1.82, 2.24) is 4.57 Å². The molecule has 0 N–H and O–H groups in total. The van der Waals surface area contributed by atoms with Gasteiger partial charge in [-0.1, -0.05) is 161 Å². The van der Waals surface area contributed by atoms with Crippen LogP contribution in [0.25, 0.3) is 22.2 Å². The summed E-state index contributed by atoms with van der Waals surface area (Å²) in [5.74, 6) is 0. The molecule has 0 amide bonds. The van der Waals surface area contributed by atoms with E-state index in [9.17, 15) is 4.79 Å². The third-order valence-corrected chi connectivity index (χ3v) is 9.71. The van der Waals surface area contributed by atoms with E-state index in [2.05, 4.69) is 59.6 Å². The van der Waals surface area contributed by atoms with E-state index < -0.39 is 0 Å². The monoisotopic (exact) mass is 616 g/mol. The highest BCUT2D eigenvalue weighted by molar-refractivity contribution is 5.82. The van der Waals surface area contributed by atoms with E-state index >= 15 is 0 Å². The molecule has 0 aliphatic rings. The molecule has 250 valence electrons. The predicted octanol–water partition coefficient (Wildman–Crippen LogP) is 12.4. The Kier molecular flexibility index (Phi) is 19.6. The summed E-state index contributed by atoms with van der Waals surface area (Å²) in [6.07, 6.45) is 37.3. The van der Waals surface area contributed by atoms with Crippen LogP contribution < -0.4 is 10.00 Å². The lowest BCUT2D eigenvalue weighted by molar-refractivity contribution is -0.697. The van der Waals surface area contributed by atoms with Gasteiger partial charge in [0, 0.05) is 42.1 Å². The number of aryl methyl sites for hydroxylation is 2. The van der Waals surface area contributed by atoms with Crippen molar-refractivity contribution in [3.05, 3.63) is 65.1 Å². The number of nitrogens with zero attached hydrogens (tertiary/aromatic N) is 2. The Bertz CT molecular complexity index is 1210. The van der Waals surface area contributed by atoms with Crippen LogP contribution in [-0.4, -0.2) is 4.57 Å². The van der Waals surface area contributed by atoms with Crippen molar-refractivity contribution in [1.29, 1.82) is 0 Å². The average molecular weight is 616 g/mol. The first-order valence-electron chi connectivity index (χ1n) is 19.4. The fourth-order valence-corrected chi connectivity index (χ4v) is 6.83. The topological polar surface area (TPSA) is 25.9 Å². The van der Waals surface area contributed by atoms with Gasteiger partial charge in [-0.25, -0.2) is 4.57 Å². The molecule has 0 bridgehead atoms. The molecule has 3 aromatic rings. The Morgan fingerprint density at radius 3 is 1.49 bits per heavy atom. The van der Waals surface area contributed by atoms with Gasteiger partial charge >= 0.3 is 0 Å². The number of para-hydroxylation sites is 1. The Morgan fingerprint density at radius 1 is 0.533 bits per heavy atom. The number of benzene rings is 1. The highest BCUT2D eigenvalue weighted by atomic mass is 16.1. The zero-order valence-electron chi connectivity index (χ0n) is 29.4. The predicted molar refractivity (Wildman–Crippen MR) is 196 cm³/mol. The third kappa shape index (κ3) is 14.7. The molecule has 3 nitrogen and oxygen atoms in total. The van der Waals surface area contributed by atoms with Crippen LogP contribution in [0.4, 0.5) is 0 Å². The van der Waals surface area contributed by atoms with Gasteiger partial charge in [-0.15, -0.1) is 0 Å². The van der Waals surface area contributed by atoms with Gasteiger partial charge in [-0.2, -0.15) is 0 Å². The largest absolute Gasteiger partial charge is 0.340 e. The lowest BCUT2D eigenvalue weighted by atomic mass is 10.0. The first-order chi connectivity index (χ1) is 22.2. The number of rotatable bonds is 27. The fraction of sp³-hybridized carbons (Fsp3) is 0.667. The molecule has 3 rings (SSSR count). The zero-order valence-corrected chi connectivity index (χ0v) is 29.4. The molecule has 0 aliphatic carbocycles. The second-order valence-corrected chi connectivity index (χ2v) is 13.7. The number of hydrogen-bond acceptors (Lipinski definition) is 1. The van der Waals surface area contributed by atoms with E-state index in [4.69, 9.17) is 0 Å². The molecule has 0 saturated carbocycles. The molecular weight excluding hydrogens is 548 g/mol. The van der Waals surface area contributed by atoms with Gasteiger partial charge in [0.05, 0.1) is 11.2 Å². The Hall–Kier alpha value is -2.42. The SMILES string of the molecule is CCCCCCCCCCCCCCn1c(-c2cc[n+](CCCCCCCCCCCCCC)cc2)cc(=O)c2ccccc21. The van der Waals surface area contributed by atoms with Crippen LogP contribution in [0.5, 0.6) is 0 Å². The van der Waals surface area contributed by atoms with Gasteiger partial charge in [0.25, 0.3) is 0 Å². The maximum Gasteiger partial charge on any atom is 0.190 e. The number of aromatic nitrogens is 2. The van der Waals surface area contributed by atoms with Crippen LogP contribution in [0.3, 0.4) is 0 Å². The molecule has 1 aromatic carbocycles. The van der Waals surface area contributed by atoms with E-state index in [-0.39, 0.29) is 5.43 Å². The molecule has 0 atom stereocenters. The minimum Gasteiger partial charge on any atom is -0.340 e. The normalized spacial score (nSPS) is 11.5. The van der Waals surface area contributed by atoms with Crippen LogP contribution in [0.15, 0.2) is 59.7 Å². The zero-order chi connectivity index (χ0) is 31.8. The van der Waals surface area contributed by atoms with Crippen LogP contribution in [0, 0.1) is 0 Å². The van der Waals surface area contributed by atoms with Crippen molar-refractivity contribution in [2.24, 2.45) is 0 Å². The summed E-state index contributed by atoms with van der Waals surface area (Å²) in [6.45, 7) is 6.61. The van der Waals surface area contributed by atoms with Crippen molar-refractivity contribution in [2.75, 3.05) is 0 Å². The Morgan fingerprint density at radius 2 is 0.978 bits per heavy atom. The summed E-state index contributed by atoms with van der Waals surface area (Å²) in [6, 6.07) is 14.4. The summed E-state index contributed by atoms with van der Waals surface area (Å²) in [7, 11) is 0. The van der Waals surface area contributed by atoms with Crippen molar-refractivity contribution in [3.8, 4) is 11.3 Å². The second-order valence-electron chi connectivity index (χ2n) is 13.7. The molecule has 0 unspecified atom stereocenters. The van der Waals surface area contributed by atoms with Crippen LogP contribution in [0.2, 0.25) is 0 Å². The van der Waals surface area contributed by atoms with Crippen molar-refractivity contribution < 1.29 is 4.57 Å². The highest BCUT2D eigenvalue weighted by Gasteiger charge is 2.12. The number of unbranched alkanes of at least 4 members (excludes halogenated alkanes) is 22. The molecule has 2 heterocycles. The fourth-order valence-electron chi connectivity index (χ4n) is 6.83. The second kappa shape index (κ2) is 23.9. The highest BCUT2D eigenvalue weighted by Crippen LogP contribution is 2.23. The molecule has 0 spiro atoms. The van der Waals surface area contributed by atoms with Gasteiger partial charge < -0.3 is 4.57 Å². The molecule has 2 aromatic heterocycles. The standard InChI is InChI=1S/C42H67N2O/c1-3-5-7-9-11-13-15-17-19-21-23-27-33-43-35-31-38(32-36-43)41-37-42(45)39-29-25-26-30-40(39)44(41)34-28-24-22-20-18-16-14-12-10-8-6-4-2/h25-26,29-32,35-37H,3-24,27-28,33-34H2,1-2H3/q+1. The number of fused-ring (bicyclic) bond motifs is 1. The first kappa shape index (κ1) is 37.0. The smallest absolute Gasteiger partial charge is 0.190 e. The molecule has 0 radical (unpaired) electrons. The lowest BCUT2D eigenvalue weighted by Gasteiger charge is -2.17. The van der Waals surface area contributed by atoms with Crippen molar-refractivity contribution in [2.45, 2.75) is 181 Å². The van der Waals surface area contributed by atoms with Gasteiger partial charge in [0.15, 0.2) is 17.8 Å². The van der Waals surface area contributed by atoms with Crippen LogP contribution in [-0.2, 0) is 13.1 Å². The number of pyridine rings is 2.